The number of aromatic nitrogens is 1. The quantitative estimate of drug-likeness (QED) is 0.726. The summed E-state index contributed by atoms with van der Waals surface area (Å²) in [6.07, 6.45) is 1.45. The summed E-state index contributed by atoms with van der Waals surface area (Å²) < 4.78 is 0. The van der Waals surface area contributed by atoms with Gasteiger partial charge in [0.15, 0.2) is 0 Å². The highest BCUT2D eigenvalue weighted by Gasteiger charge is 2.31. The van der Waals surface area contributed by atoms with Crippen molar-refractivity contribution in [1.29, 1.82) is 0 Å². The maximum atomic E-state index is 10.1. The Labute approximate surface area is 101 Å². The molecule has 17 heavy (non-hydrogen) atoms. The van der Waals surface area contributed by atoms with E-state index in [0.717, 1.165) is 0 Å². The van der Waals surface area contributed by atoms with Gasteiger partial charge < -0.3 is 15.3 Å². The van der Waals surface area contributed by atoms with Crippen LogP contribution in [0.15, 0.2) is 24.4 Å². The summed E-state index contributed by atoms with van der Waals surface area (Å²) in [5.74, 6) is -0.990. The van der Waals surface area contributed by atoms with Crippen LogP contribution in [0.1, 0.15) is 38.2 Å². The van der Waals surface area contributed by atoms with E-state index in [0.29, 0.717) is 0 Å². The monoisotopic (exact) mass is 241 g/mol. The summed E-state index contributed by atoms with van der Waals surface area (Å²) in [6.45, 7) is 6.31. The third-order valence-corrected chi connectivity index (χ3v) is 2.38. The Kier molecular flexibility index (Phi) is 5.25. The number of carboxylic acids is 1. The fraction of sp³-hybridized carbons (Fsp3) is 0.500. The number of carbonyl (C=O) groups is 1. The second kappa shape index (κ2) is 5.75. The van der Waals surface area contributed by atoms with Crippen molar-refractivity contribution in [2.45, 2.75) is 38.9 Å². The highest BCUT2D eigenvalue weighted by molar-refractivity contribution is 5.85. The van der Waals surface area contributed by atoms with Gasteiger partial charge in [-0.25, -0.2) is 9.78 Å². The van der Waals surface area contributed by atoms with Crippen LogP contribution in [0.5, 0.6) is 0 Å². The SMILES string of the molecule is CC(C)(O)C(C)(C)O.O=C(O)c1ccccn1. The van der Waals surface area contributed by atoms with E-state index in [-0.39, 0.29) is 5.69 Å². The molecule has 0 saturated carbocycles. The second-order valence-electron chi connectivity index (χ2n) is 4.64. The van der Waals surface area contributed by atoms with Gasteiger partial charge in [0.05, 0.1) is 11.2 Å². The molecule has 5 nitrogen and oxygen atoms in total. The number of rotatable bonds is 2. The van der Waals surface area contributed by atoms with Crippen LogP contribution in [0.4, 0.5) is 0 Å². The number of aliphatic hydroxyl groups is 2. The van der Waals surface area contributed by atoms with Crippen LogP contribution in [-0.4, -0.2) is 37.5 Å². The number of aromatic carboxylic acids is 1. The maximum absolute atomic E-state index is 10.1. The van der Waals surface area contributed by atoms with E-state index >= 15 is 0 Å². The van der Waals surface area contributed by atoms with Crippen LogP contribution in [-0.2, 0) is 0 Å². The second-order valence-corrected chi connectivity index (χ2v) is 4.64. The van der Waals surface area contributed by atoms with E-state index in [2.05, 4.69) is 4.98 Å². The fourth-order valence-electron chi connectivity index (χ4n) is 0.489. The smallest absolute Gasteiger partial charge is 0.354 e. The first-order chi connectivity index (χ1) is 7.55. The standard InChI is InChI=1S/C6H5NO2.C6H14O2/c8-6(9)5-3-1-2-4-7-5;1-5(2,7)6(3,4)8/h1-4H,(H,8,9);7-8H,1-4H3. The van der Waals surface area contributed by atoms with Crippen molar-refractivity contribution in [3.05, 3.63) is 30.1 Å². The molecule has 96 valence electrons. The lowest BCUT2D eigenvalue weighted by Gasteiger charge is -2.31. The molecule has 0 aliphatic heterocycles. The Morgan fingerprint density at radius 2 is 1.59 bits per heavy atom. The average molecular weight is 241 g/mol. The van der Waals surface area contributed by atoms with Gasteiger partial charge in [-0.1, -0.05) is 6.07 Å². The van der Waals surface area contributed by atoms with Crippen LogP contribution < -0.4 is 0 Å². The molecule has 1 aromatic rings. The van der Waals surface area contributed by atoms with E-state index in [4.69, 9.17) is 15.3 Å². The lowest BCUT2D eigenvalue weighted by atomic mass is 9.90. The molecule has 0 amide bonds. The molecule has 3 N–H and O–H groups in total. The average Bonchev–Trinajstić information content (AvgIpc) is 2.17. The first kappa shape index (κ1) is 15.5. The van der Waals surface area contributed by atoms with E-state index in [9.17, 15) is 4.79 Å². The molecule has 1 heterocycles. The van der Waals surface area contributed by atoms with Crippen molar-refractivity contribution in [1.82, 2.24) is 4.98 Å². The molecule has 0 saturated heterocycles. The van der Waals surface area contributed by atoms with Crippen LogP contribution in [0.25, 0.3) is 0 Å². The van der Waals surface area contributed by atoms with Gasteiger partial charge >= 0.3 is 5.97 Å². The minimum atomic E-state index is -1.01. The van der Waals surface area contributed by atoms with Gasteiger partial charge in [-0.05, 0) is 39.8 Å². The molecule has 1 rings (SSSR count). The molecule has 0 aromatic carbocycles. The molecule has 0 bridgehead atoms. The van der Waals surface area contributed by atoms with Gasteiger partial charge in [0, 0.05) is 6.20 Å². The van der Waals surface area contributed by atoms with Crippen LogP contribution >= 0.6 is 0 Å². The van der Waals surface area contributed by atoms with Crippen molar-refractivity contribution in [2.24, 2.45) is 0 Å². The predicted molar refractivity (Wildman–Crippen MR) is 63.8 cm³/mol. The molecule has 0 unspecified atom stereocenters. The fourth-order valence-corrected chi connectivity index (χ4v) is 0.489. The van der Waals surface area contributed by atoms with Gasteiger partial charge in [0.25, 0.3) is 0 Å². The Morgan fingerprint density at radius 3 is 1.76 bits per heavy atom. The van der Waals surface area contributed by atoms with E-state index < -0.39 is 17.2 Å². The summed E-state index contributed by atoms with van der Waals surface area (Å²) in [5, 5.41) is 26.5. The van der Waals surface area contributed by atoms with Gasteiger partial charge in [0.2, 0.25) is 0 Å². The molecule has 0 atom stereocenters. The number of hydrogen-bond acceptors (Lipinski definition) is 4. The minimum absolute atomic E-state index is 0.0810. The molecule has 0 radical (unpaired) electrons. The zero-order chi connectivity index (χ0) is 13.7. The molecule has 0 aliphatic rings. The zero-order valence-corrected chi connectivity index (χ0v) is 10.5. The first-order valence-corrected chi connectivity index (χ1v) is 5.15. The van der Waals surface area contributed by atoms with Gasteiger partial charge in [-0.2, -0.15) is 0 Å². The topological polar surface area (TPSA) is 90.7 Å². The first-order valence-electron chi connectivity index (χ1n) is 5.15. The van der Waals surface area contributed by atoms with Crippen LogP contribution in [0.2, 0.25) is 0 Å². The Balaban J connectivity index is 0.000000304. The van der Waals surface area contributed by atoms with Gasteiger partial charge in [-0.3, -0.25) is 0 Å². The summed E-state index contributed by atoms with van der Waals surface area (Å²) in [5.41, 5.74) is -1.93. The molecular weight excluding hydrogens is 222 g/mol. The van der Waals surface area contributed by atoms with Crippen LogP contribution in [0, 0.1) is 0 Å². The number of nitrogens with zero attached hydrogens (tertiary/aromatic N) is 1. The number of carboxylic acid groups (broad SMARTS) is 1. The molecule has 0 fully saturated rings. The lowest BCUT2D eigenvalue weighted by Crippen LogP contribution is -2.44. The third kappa shape index (κ3) is 5.99. The minimum Gasteiger partial charge on any atom is -0.477 e. The Hall–Kier alpha value is -1.46. The summed E-state index contributed by atoms with van der Waals surface area (Å²) >= 11 is 0. The van der Waals surface area contributed by atoms with Gasteiger partial charge in [0.1, 0.15) is 5.69 Å². The largest absolute Gasteiger partial charge is 0.477 e. The molecule has 1 aromatic heterocycles. The van der Waals surface area contributed by atoms with E-state index in [1.54, 1.807) is 39.8 Å². The highest BCUT2D eigenvalue weighted by atomic mass is 16.4. The van der Waals surface area contributed by atoms with Crippen molar-refractivity contribution in [3.63, 3.8) is 0 Å². The third-order valence-electron chi connectivity index (χ3n) is 2.38. The summed E-state index contributed by atoms with van der Waals surface area (Å²) in [6, 6.07) is 4.76. The van der Waals surface area contributed by atoms with Crippen molar-refractivity contribution >= 4 is 5.97 Å². The Bertz CT molecular complexity index is 337. The number of hydrogen-bond donors (Lipinski definition) is 3. The normalized spacial score (nSPS) is 11.4. The summed E-state index contributed by atoms with van der Waals surface area (Å²) in [4.78, 5) is 13.7. The highest BCUT2D eigenvalue weighted by Crippen LogP contribution is 2.19. The lowest BCUT2D eigenvalue weighted by molar-refractivity contribution is -0.107. The molecular formula is C12H19NO4. The zero-order valence-electron chi connectivity index (χ0n) is 10.5. The van der Waals surface area contributed by atoms with Crippen molar-refractivity contribution in [2.75, 3.05) is 0 Å². The van der Waals surface area contributed by atoms with E-state index in [1.165, 1.54) is 12.3 Å². The van der Waals surface area contributed by atoms with Crippen LogP contribution in [0.3, 0.4) is 0 Å². The molecule has 0 aliphatic carbocycles. The Morgan fingerprint density at radius 1 is 1.12 bits per heavy atom. The maximum Gasteiger partial charge on any atom is 0.354 e. The summed E-state index contributed by atoms with van der Waals surface area (Å²) in [7, 11) is 0. The molecule has 5 heteroatoms. The van der Waals surface area contributed by atoms with Crippen molar-refractivity contribution in [3.8, 4) is 0 Å². The van der Waals surface area contributed by atoms with Gasteiger partial charge in [-0.15, -0.1) is 0 Å². The predicted octanol–water partition coefficient (Wildman–Crippen LogP) is 1.31. The number of pyridine rings is 1. The van der Waals surface area contributed by atoms with Crippen molar-refractivity contribution < 1.29 is 20.1 Å². The molecule has 0 spiro atoms. The van der Waals surface area contributed by atoms with E-state index in [1.807, 2.05) is 0 Å².